The summed E-state index contributed by atoms with van der Waals surface area (Å²) in [4.78, 5) is 7.42. The van der Waals surface area contributed by atoms with Crippen LogP contribution < -0.4 is 10.6 Å². The van der Waals surface area contributed by atoms with Crippen molar-refractivity contribution in [1.29, 1.82) is 5.26 Å². The average Bonchev–Trinajstić information content (AvgIpc) is 2.94. The van der Waals surface area contributed by atoms with Crippen LogP contribution in [-0.2, 0) is 11.7 Å². The van der Waals surface area contributed by atoms with Gasteiger partial charge >= 0.3 is 6.18 Å². The summed E-state index contributed by atoms with van der Waals surface area (Å²) in [5, 5.41) is 18.2. The van der Waals surface area contributed by atoms with E-state index in [1.807, 2.05) is 6.07 Å². The van der Waals surface area contributed by atoms with Gasteiger partial charge in [0.25, 0.3) is 0 Å². The zero-order chi connectivity index (χ0) is 18.8. The predicted octanol–water partition coefficient (Wildman–Crippen LogP) is 2.99. The molecule has 0 amide bonds. The highest BCUT2D eigenvalue weighted by Gasteiger charge is 2.35. The van der Waals surface area contributed by atoms with Crippen LogP contribution in [-0.4, -0.2) is 33.5 Å². The number of hydrogen-bond acceptors (Lipinski definition) is 6. The van der Waals surface area contributed by atoms with E-state index in [-0.39, 0.29) is 11.8 Å². The molecule has 0 aliphatic rings. The SMILES string of the molecule is CNc1nc(Nc2cnn([C@@](C)(C#N)CF)c2C)ncc1C(F)(F)F. The number of aromatic nitrogens is 4. The molecule has 0 unspecified atom stereocenters. The molecule has 0 fully saturated rings. The van der Waals surface area contributed by atoms with Crippen LogP contribution in [0.1, 0.15) is 18.2 Å². The molecule has 7 nitrogen and oxygen atoms in total. The van der Waals surface area contributed by atoms with Gasteiger partial charge in [0.15, 0.2) is 5.54 Å². The van der Waals surface area contributed by atoms with Crippen molar-refractivity contribution in [3.8, 4) is 6.07 Å². The first-order chi connectivity index (χ1) is 11.7. The van der Waals surface area contributed by atoms with E-state index in [2.05, 4.69) is 25.7 Å². The van der Waals surface area contributed by atoms with Crippen molar-refractivity contribution in [2.75, 3.05) is 24.4 Å². The molecular formula is C14H15F4N7. The number of halogens is 4. The maximum absolute atomic E-state index is 13.2. The van der Waals surface area contributed by atoms with Crippen LogP contribution >= 0.6 is 0 Å². The van der Waals surface area contributed by atoms with Crippen LogP contribution in [0.3, 0.4) is 0 Å². The summed E-state index contributed by atoms with van der Waals surface area (Å²) in [6, 6.07) is 1.84. The third kappa shape index (κ3) is 3.47. The molecular weight excluding hydrogens is 342 g/mol. The van der Waals surface area contributed by atoms with Crippen LogP contribution in [0.25, 0.3) is 0 Å². The fourth-order valence-corrected chi connectivity index (χ4v) is 2.12. The first-order valence-corrected chi connectivity index (χ1v) is 7.07. The summed E-state index contributed by atoms with van der Waals surface area (Å²) in [5.41, 5.74) is -1.73. The molecule has 2 N–H and O–H groups in total. The Labute approximate surface area is 140 Å². The number of nitrogens with one attached hydrogen (secondary N) is 2. The Balaban J connectivity index is 2.36. The van der Waals surface area contributed by atoms with Crippen LogP contribution in [0.15, 0.2) is 12.4 Å². The van der Waals surface area contributed by atoms with Crippen molar-refractivity contribution in [3.05, 3.63) is 23.7 Å². The number of rotatable bonds is 5. The Kier molecular flexibility index (Phi) is 4.82. The van der Waals surface area contributed by atoms with Crippen molar-refractivity contribution in [2.45, 2.75) is 25.6 Å². The predicted molar refractivity (Wildman–Crippen MR) is 82.1 cm³/mol. The lowest BCUT2D eigenvalue weighted by atomic mass is 10.1. The Morgan fingerprint density at radius 1 is 1.32 bits per heavy atom. The summed E-state index contributed by atoms with van der Waals surface area (Å²) < 4.78 is 52.9. The van der Waals surface area contributed by atoms with E-state index in [0.717, 1.165) is 0 Å². The number of nitrogens with zero attached hydrogens (tertiary/aromatic N) is 5. The van der Waals surface area contributed by atoms with Crippen LogP contribution in [0, 0.1) is 18.3 Å². The second-order valence-electron chi connectivity index (χ2n) is 5.40. The lowest BCUT2D eigenvalue weighted by molar-refractivity contribution is -0.137. The minimum absolute atomic E-state index is 0.0982. The van der Waals surface area contributed by atoms with Gasteiger partial charge in [-0.15, -0.1) is 0 Å². The molecule has 0 radical (unpaired) electrons. The Hall–Kier alpha value is -2.90. The minimum atomic E-state index is -4.59. The molecule has 0 aliphatic carbocycles. The van der Waals surface area contributed by atoms with Gasteiger partial charge in [0.2, 0.25) is 5.95 Å². The van der Waals surface area contributed by atoms with Crippen molar-refractivity contribution in [2.24, 2.45) is 0 Å². The third-order valence-electron chi connectivity index (χ3n) is 3.56. The summed E-state index contributed by atoms with van der Waals surface area (Å²) in [7, 11) is 1.31. The van der Waals surface area contributed by atoms with Crippen LogP contribution in [0.4, 0.5) is 35.0 Å². The van der Waals surface area contributed by atoms with E-state index in [9.17, 15) is 17.6 Å². The van der Waals surface area contributed by atoms with Crippen LogP contribution in [0.5, 0.6) is 0 Å². The second-order valence-corrected chi connectivity index (χ2v) is 5.40. The summed E-state index contributed by atoms with van der Waals surface area (Å²) >= 11 is 0. The maximum Gasteiger partial charge on any atom is 0.421 e. The fraction of sp³-hybridized carbons (Fsp3) is 0.429. The van der Waals surface area contributed by atoms with Crippen molar-refractivity contribution >= 4 is 17.5 Å². The molecule has 25 heavy (non-hydrogen) atoms. The van der Waals surface area contributed by atoms with Gasteiger partial charge in [-0.1, -0.05) is 0 Å². The molecule has 0 aromatic carbocycles. The number of alkyl halides is 4. The normalized spacial score (nSPS) is 13.8. The summed E-state index contributed by atoms with van der Waals surface area (Å²) in [6.07, 6.45) is -2.62. The topological polar surface area (TPSA) is 91.5 Å². The van der Waals surface area contributed by atoms with Gasteiger partial charge in [0, 0.05) is 13.2 Å². The molecule has 2 aromatic rings. The van der Waals surface area contributed by atoms with E-state index in [0.29, 0.717) is 17.6 Å². The van der Waals surface area contributed by atoms with Crippen LogP contribution in [0.2, 0.25) is 0 Å². The third-order valence-corrected chi connectivity index (χ3v) is 3.56. The zero-order valence-corrected chi connectivity index (χ0v) is 13.6. The van der Waals surface area contributed by atoms with E-state index >= 15 is 0 Å². The van der Waals surface area contributed by atoms with E-state index in [4.69, 9.17) is 5.26 Å². The smallest absolute Gasteiger partial charge is 0.372 e. The van der Waals surface area contributed by atoms with Gasteiger partial charge in [0.1, 0.15) is 18.1 Å². The monoisotopic (exact) mass is 357 g/mol. The first kappa shape index (κ1) is 18.4. The molecule has 0 saturated carbocycles. The minimum Gasteiger partial charge on any atom is -0.372 e. The van der Waals surface area contributed by atoms with Crippen molar-refractivity contribution < 1.29 is 17.6 Å². The average molecular weight is 357 g/mol. The van der Waals surface area contributed by atoms with E-state index in [1.165, 1.54) is 24.9 Å². The van der Waals surface area contributed by atoms with E-state index < -0.39 is 24.0 Å². The molecule has 2 aromatic heterocycles. The standard InChI is InChI=1S/C14H15F4N7/c1-8-10(5-22-25(8)13(2,6-15)7-19)23-12-21-4-9(14(16,17)18)11(20-3)24-12/h4-5H,6H2,1-3H3,(H2,20,21,23,24)/t13-/m1/s1. The molecule has 11 heteroatoms. The lowest BCUT2D eigenvalue weighted by Gasteiger charge is -2.20. The second kappa shape index (κ2) is 6.54. The summed E-state index contributed by atoms with van der Waals surface area (Å²) in [6.45, 7) is 2.01. The first-order valence-electron chi connectivity index (χ1n) is 7.07. The molecule has 0 bridgehead atoms. The Bertz CT molecular complexity index is 808. The zero-order valence-electron chi connectivity index (χ0n) is 13.6. The van der Waals surface area contributed by atoms with Gasteiger partial charge in [-0.25, -0.2) is 14.1 Å². The Morgan fingerprint density at radius 2 is 2.00 bits per heavy atom. The van der Waals surface area contributed by atoms with Crippen molar-refractivity contribution in [3.63, 3.8) is 0 Å². The molecule has 2 heterocycles. The summed E-state index contributed by atoms with van der Waals surface area (Å²) in [5.74, 6) is -0.487. The number of hydrogen-bond donors (Lipinski definition) is 2. The molecule has 1 atom stereocenters. The van der Waals surface area contributed by atoms with Gasteiger partial charge in [0.05, 0.1) is 23.6 Å². The van der Waals surface area contributed by atoms with Gasteiger partial charge in [-0.05, 0) is 13.8 Å². The number of nitriles is 1. The lowest BCUT2D eigenvalue weighted by Crippen LogP contribution is -2.32. The van der Waals surface area contributed by atoms with Gasteiger partial charge < -0.3 is 10.6 Å². The van der Waals surface area contributed by atoms with Gasteiger partial charge in [-0.2, -0.15) is 28.5 Å². The van der Waals surface area contributed by atoms with Crippen molar-refractivity contribution in [1.82, 2.24) is 19.7 Å². The quantitative estimate of drug-likeness (QED) is 0.800. The Morgan fingerprint density at radius 3 is 2.52 bits per heavy atom. The molecule has 0 aliphatic heterocycles. The maximum atomic E-state index is 13.2. The highest BCUT2D eigenvalue weighted by molar-refractivity contribution is 5.58. The van der Waals surface area contributed by atoms with Gasteiger partial charge in [-0.3, -0.25) is 0 Å². The molecule has 134 valence electrons. The molecule has 0 spiro atoms. The molecule has 0 saturated heterocycles. The largest absolute Gasteiger partial charge is 0.421 e. The van der Waals surface area contributed by atoms with E-state index in [1.54, 1.807) is 6.92 Å². The number of anilines is 3. The fourth-order valence-electron chi connectivity index (χ4n) is 2.12. The highest BCUT2D eigenvalue weighted by Crippen LogP contribution is 2.34. The molecule has 2 rings (SSSR count). The highest BCUT2D eigenvalue weighted by atomic mass is 19.4.